The molecule has 1 aromatic heterocycles. The molecule has 0 radical (unpaired) electrons. The van der Waals surface area contributed by atoms with Crippen molar-refractivity contribution in [3.63, 3.8) is 0 Å². The van der Waals surface area contributed by atoms with Crippen LogP contribution in [0.5, 0.6) is 11.6 Å². The number of aromatic nitrogens is 2. The predicted octanol–water partition coefficient (Wildman–Crippen LogP) is 3.00. The Morgan fingerprint density at radius 2 is 1.96 bits per heavy atom. The molecule has 1 unspecified atom stereocenters. The first-order valence-corrected chi connectivity index (χ1v) is 7.82. The normalized spacial score (nSPS) is 14.9. The summed E-state index contributed by atoms with van der Waals surface area (Å²) in [4.78, 5) is 11.9. The molecule has 1 heterocycles. The lowest BCUT2D eigenvalue weighted by molar-refractivity contribution is -0.121. The number of rotatable bonds is 6. The van der Waals surface area contributed by atoms with E-state index >= 15 is 0 Å². The van der Waals surface area contributed by atoms with Crippen LogP contribution in [0.4, 0.5) is 5.69 Å². The van der Waals surface area contributed by atoms with Gasteiger partial charge in [-0.15, -0.1) is 10.2 Å². The standard InChI is InChI=1S/C16H17ClN4O2/c1-10(16(22)19-12-2-3-12)18-11-4-6-13(7-5-11)23-15-9-8-14(17)20-21-15/h4-10,12,18H,2-3H2,1H3,(H,19,22). The summed E-state index contributed by atoms with van der Waals surface area (Å²) >= 11 is 5.67. The number of amides is 1. The molecule has 1 amide bonds. The van der Waals surface area contributed by atoms with E-state index in [0.29, 0.717) is 22.8 Å². The van der Waals surface area contributed by atoms with Gasteiger partial charge in [-0.2, -0.15) is 0 Å². The van der Waals surface area contributed by atoms with Crippen molar-refractivity contribution in [2.24, 2.45) is 0 Å². The zero-order valence-corrected chi connectivity index (χ0v) is 13.4. The van der Waals surface area contributed by atoms with Gasteiger partial charge in [0.25, 0.3) is 0 Å². The number of nitrogens with one attached hydrogen (secondary N) is 2. The molecule has 1 atom stereocenters. The van der Waals surface area contributed by atoms with Crippen LogP contribution >= 0.6 is 11.6 Å². The van der Waals surface area contributed by atoms with Gasteiger partial charge in [0.05, 0.1) is 0 Å². The van der Waals surface area contributed by atoms with Gasteiger partial charge >= 0.3 is 0 Å². The first-order valence-electron chi connectivity index (χ1n) is 7.44. The second kappa shape index (κ2) is 6.83. The van der Waals surface area contributed by atoms with Crippen molar-refractivity contribution in [3.05, 3.63) is 41.6 Å². The van der Waals surface area contributed by atoms with Crippen LogP contribution in [-0.4, -0.2) is 28.2 Å². The third-order valence-corrected chi connectivity index (χ3v) is 3.59. The molecule has 23 heavy (non-hydrogen) atoms. The number of ether oxygens (including phenoxy) is 1. The maximum Gasteiger partial charge on any atom is 0.242 e. The Morgan fingerprint density at radius 1 is 1.22 bits per heavy atom. The van der Waals surface area contributed by atoms with Crippen molar-refractivity contribution in [2.45, 2.75) is 31.8 Å². The van der Waals surface area contributed by atoms with Crippen LogP contribution in [0, 0.1) is 0 Å². The monoisotopic (exact) mass is 332 g/mol. The molecule has 6 nitrogen and oxygen atoms in total. The maximum absolute atomic E-state index is 11.9. The molecular weight excluding hydrogens is 316 g/mol. The highest BCUT2D eigenvalue weighted by molar-refractivity contribution is 6.29. The maximum atomic E-state index is 11.9. The zero-order valence-electron chi connectivity index (χ0n) is 12.6. The molecule has 1 aliphatic carbocycles. The molecular formula is C16H17ClN4O2. The van der Waals surface area contributed by atoms with Crippen LogP contribution in [0.1, 0.15) is 19.8 Å². The van der Waals surface area contributed by atoms with E-state index in [1.807, 2.05) is 19.1 Å². The smallest absolute Gasteiger partial charge is 0.242 e. The highest BCUT2D eigenvalue weighted by Crippen LogP contribution is 2.22. The average Bonchev–Trinajstić information content (AvgIpc) is 3.35. The molecule has 0 bridgehead atoms. The van der Waals surface area contributed by atoms with E-state index in [2.05, 4.69) is 20.8 Å². The summed E-state index contributed by atoms with van der Waals surface area (Å²) < 4.78 is 5.56. The number of hydrogen-bond acceptors (Lipinski definition) is 5. The molecule has 1 fully saturated rings. The van der Waals surface area contributed by atoms with E-state index in [0.717, 1.165) is 18.5 Å². The average molecular weight is 333 g/mol. The van der Waals surface area contributed by atoms with E-state index in [1.165, 1.54) is 0 Å². The van der Waals surface area contributed by atoms with Gasteiger partial charge in [0, 0.05) is 17.8 Å². The third-order valence-electron chi connectivity index (χ3n) is 3.38. The first-order chi connectivity index (χ1) is 11.1. The Balaban J connectivity index is 1.55. The van der Waals surface area contributed by atoms with Crippen LogP contribution in [0.3, 0.4) is 0 Å². The number of nitrogens with zero attached hydrogens (tertiary/aromatic N) is 2. The third kappa shape index (κ3) is 4.56. The number of carbonyl (C=O) groups is 1. The summed E-state index contributed by atoms with van der Waals surface area (Å²) in [6.07, 6.45) is 2.16. The van der Waals surface area contributed by atoms with Crippen molar-refractivity contribution in [1.29, 1.82) is 0 Å². The second-order valence-electron chi connectivity index (χ2n) is 5.47. The summed E-state index contributed by atoms with van der Waals surface area (Å²) in [6.45, 7) is 1.84. The number of halogens is 1. The molecule has 0 saturated heterocycles. The van der Waals surface area contributed by atoms with Crippen molar-refractivity contribution >= 4 is 23.2 Å². The largest absolute Gasteiger partial charge is 0.438 e. The molecule has 2 N–H and O–H groups in total. The minimum absolute atomic E-state index is 0.0178. The van der Waals surface area contributed by atoms with E-state index in [1.54, 1.807) is 24.3 Å². The van der Waals surface area contributed by atoms with Crippen LogP contribution < -0.4 is 15.4 Å². The van der Waals surface area contributed by atoms with Crippen LogP contribution in [-0.2, 0) is 4.79 Å². The number of carbonyl (C=O) groups excluding carboxylic acids is 1. The fourth-order valence-electron chi connectivity index (χ4n) is 1.97. The summed E-state index contributed by atoms with van der Waals surface area (Å²) in [7, 11) is 0. The minimum Gasteiger partial charge on any atom is -0.438 e. The molecule has 2 aromatic rings. The number of benzene rings is 1. The molecule has 0 aliphatic heterocycles. The fourth-order valence-corrected chi connectivity index (χ4v) is 2.07. The predicted molar refractivity (Wildman–Crippen MR) is 87.8 cm³/mol. The van der Waals surface area contributed by atoms with Crippen molar-refractivity contribution in [1.82, 2.24) is 15.5 Å². The Kier molecular flexibility index (Phi) is 4.62. The number of hydrogen-bond donors (Lipinski definition) is 2. The molecule has 1 aromatic carbocycles. The van der Waals surface area contributed by atoms with Gasteiger partial charge in [-0.05, 0) is 50.1 Å². The lowest BCUT2D eigenvalue weighted by atomic mass is 10.2. The Morgan fingerprint density at radius 3 is 2.57 bits per heavy atom. The van der Waals surface area contributed by atoms with Gasteiger partial charge in [0.1, 0.15) is 11.8 Å². The summed E-state index contributed by atoms with van der Waals surface area (Å²) in [5.74, 6) is 1.01. The lowest BCUT2D eigenvalue weighted by Gasteiger charge is -2.15. The molecule has 1 aliphatic rings. The Labute approximate surface area is 139 Å². The van der Waals surface area contributed by atoms with Gasteiger partial charge < -0.3 is 15.4 Å². The van der Waals surface area contributed by atoms with E-state index in [9.17, 15) is 4.79 Å². The Hall–Kier alpha value is -2.34. The molecule has 120 valence electrons. The number of anilines is 1. The van der Waals surface area contributed by atoms with Crippen LogP contribution in [0.25, 0.3) is 0 Å². The van der Waals surface area contributed by atoms with E-state index in [4.69, 9.17) is 16.3 Å². The van der Waals surface area contributed by atoms with Crippen molar-refractivity contribution < 1.29 is 9.53 Å². The molecule has 3 rings (SSSR count). The fraction of sp³-hybridized carbons (Fsp3) is 0.312. The quantitative estimate of drug-likeness (QED) is 0.850. The first kappa shape index (κ1) is 15.6. The highest BCUT2D eigenvalue weighted by atomic mass is 35.5. The van der Waals surface area contributed by atoms with Gasteiger partial charge in [-0.25, -0.2) is 0 Å². The van der Waals surface area contributed by atoms with Gasteiger partial charge in [-0.3, -0.25) is 4.79 Å². The van der Waals surface area contributed by atoms with Crippen LogP contribution in [0.15, 0.2) is 36.4 Å². The second-order valence-corrected chi connectivity index (χ2v) is 5.86. The van der Waals surface area contributed by atoms with Crippen molar-refractivity contribution in [3.8, 4) is 11.6 Å². The topological polar surface area (TPSA) is 76.1 Å². The van der Waals surface area contributed by atoms with E-state index < -0.39 is 0 Å². The molecule has 1 saturated carbocycles. The highest BCUT2D eigenvalue weighted by Gasteiger charge is 2.25. The van der Waals surface area contributed by atoms with Gasteiger partial charge in [0.15, 0.2) is 5.15 Å². The molecule has 7 heteroatoms. The van der Waals surface area contributed by atoms with Gasteiger partial charge in [-0.1, -0.05) is 11.6 Å². The van der Waals surface area contributed by atoms with E-state index in [-0.39, 0.29) is 11.9 Å². The summed E-state index contributed by atoms with van der Waals surface area (Å²) in [5.41, 5.74) is 0.845. The minimum atomic E-state index is -0.287. The van der Waals surface area contributed by atoms with Crippen LogP contribution in [0.2, 0.25) is 5.15 Å². The SMILES string of the molecule is CC(Nc1ccc(Oc2ccc(Cl)nn2)cc1)C(=O)NC1CC1. The van der Waals surface area contributed by atoms with Gasteiger partial charge in [0.2, 0.25) is 11.8 Å². The lowest BCUT2D eigenvalue weighted by Crippen LogP contribution is -2.38. The Bertz CT molecular complexity index is 671. The summed E-state index contributed by atoms with van der Waals surface area (Å²) in [6, 6.07) is 10.6. The molecule has 0 spiro atoms. The zero-order chi connectivity index (χ0) is 16.2. The summed E-state index contributed by atoms with van der Waals surface area (Å²) in [5, 5.41) is 14.0. The van der Waals surface area contributed by atoms with Crippen molar-refractivity contribution in [2.75, 3.05) is 5.32 Å².